The average Bonchev–Trinajstić information content (AvgIpc) is 2.12. The maximum atomic E-state index is 9.47. The third-order valence-corrected chi connectivity index (χ3v) is 1.70. The molecule has 3 nitrogen and oxygen atoms in total. The zero-order chi connectivity index (χ0) is 8.55. The molecule has 0 aliphatic carbocycles. The van der Waals surface area contributed by atoms with Gasteiger partial charge in [-0.25, -0.2) is 0 Å². The minimum atomic E-state index is 0.0631. The molecule has 0 fully saturated rings. The summed E-state index contributed by atoms with van der Waals surface area (Å²) in [7, 11) is 0. The summed E-state index contributed by atoms with van der Waals surface area (Å²) in [5.41, 5.74) is 0.915. The van der Waals surface area contributed by atoms with Gasteiger partial charge in [0, 0.05) is 17.8 Å². The van der Waals surface area contributed by atoms with Crippen molar-refractivity contribution in [1.82, 2.24) is 9.97 Å². The van der Waals surface area contributed by atoms with Crippen LogP contribution >= 0.6 is 0 Å². The first kappa shape index (κ1) is 7.03. The third-order valence-electron chi connectivity index (χ3n) is 1.70. The summed E-state index contributed by atoms with van der Waals surface area (Å²) in [6, 6.07) is 3.64. The van der Waals surface area contributed by atoms with Gasteiger partial charge in [0.05, 0.1) is 5.69 Å². The molecule has 0 saturated heterocycles. The minimum Gasteiger partial charge on any atom is -0.504 e. The fourth-order valence-corrected chi connectivity index (χ4v) is 1.07. The molecule has 0 aliphatic heterocycles. The molecule has 0 bridgehead atoms. The van der Waals surface area contributed by atoms with Crippen molar-refractivity contribution in [2.75, 3.05) is 0 Å². The largest absolute Gasteiger partial charge is 0.504 e. The number of hydrogen-bond acceptors (Lipinski definition) is 3. The summed E-state index contributed by atoms with van der Waals surface area (Å²) >= 11 is 0. The van der Waals surface area contributed by atoms with Gasteiger partial charge in [-0.1, -0.05) is 0 Å². The van der Waals surface area contributed by atoms with Crippen molar-refractivity contribution in [2.24, 2.45) is 0 Å². The maximum Gasteiger partial charge on any atom is 0.163 e. The molecule has 1 N–H and O–H groups in total. The lowest BCUT2D eigenvalue weighted by Gasteiger charge is -2.00. The van der Waals surface area contributed by atoms with Crippen LogP contribution in [0.4, 0.5) is 0 Å². The first-order valence-corrected chi connectivity index (χ1v) is 3.53. The van der Waals surface area contributed by atoms with Gasteiger partial charge >= 0.3 is 0 Å². The van der Waals surface area contributed by atoms with E-state index in [4.69, 9.17) is 0 Å². The van der Waals surface area contributed by atoms with Gasteiger partial charge in [0.25, 0.3) is 0 Å². The zero-order valence-electron chi connectivity index (χ0n) is 6.36. The van der Waals surface area contributed by atoms with E-state index in [1.165, 1.54) is 0 Å². The number of hydrogen-bond donors (Lipinski definition) is 1. The van der Waals surface area contributed by atoms with Gasteiger partial charge in [-0.2, -0.15) is 0 Å². The van der Waals surface area contributed by atoms with E-state index in [1.807, 2.05) is 6.07 Å². The highest BCUT2D eigenvalue weighted by Gasteiger charge is 2.03. The Hall–Kier alpha value is -1.64. The monoisotopic (exact) mass is 159 g/mol. The maximum absolute atomic E-state index is 9.47. The smallest absolute Gasteiger partial charge is 0.163 e. The van der Waals surface area contributed by atoms with E-state index < -0.39 is 0 Å². The molecule has 3 heteroatoms. The molecule has 0 unspecified atom stereocenters. The number of aromatic nitrogens is 2. The fourth-order valence-electron chi connectivity index (χ4n) is 1.07. The number of aromatic hydroxyl groups is 1. The van der Waals surface area contributed by atoms with Crippen LogP contribution in [-0.4, -0.2) is 15.1 Å². The van der Waals surface area contributed by atoms with Crippen LogP contribution in [0.25, 0.3) is 10.9 Å². The Balaban J connectivity index is 2.91. The Labute approximate surface area is 69.7 Å². The summed E-state index contributed by atoms with van der Waals surface area (Å²) in [4.78, 5) is 7.92. The van der Waals surface area contributed by atoms with Crippen LogP contribution in [0.2, 0.25) is 0 Å². The lowest BCUT2D eigenvalue weighted by Crippen LogP contribution is -1.85. The van der Waals surface area contributed by atoms with E-state index in [-0.39, 0.29) is 5.75 Å². The fraction of sp³-hybridized carbons (Fsp3) is 0. The molecule has 0 amide bonds. The first-order valence-electron chi connectivity index (χ1n) is 3.53. The summed E-state index contributed by atoms with van der Waals surface area (Å²) in [6.07, 6.45) is 3.27. The lowest BCUT2D eigenvalue weighted by molar-refractivity contribution is 0.475. The number of fused-ring (bicyclic) bond motifs is 1. The molecule has 2 aromatic heterocycles. The molecule has 0 atom stereocenters. The van der Waals surface area contributed by atoms with Crippen LogP contribution in [0.1, 0.15) is 5.69 Å². The molecule has 2 aromatic rings. The SMILES string of the molecule is [CH2]c1ncc2cccnc2c1O. The predicted molar refractivity (Wildman–Crippen MR) is 45.7 cm³/mol. The number of pyridine rings is 2. The Morgan fingerprint density at radius 1 is 1.33 bits per heavy atom. The van der Waals surface area contributed by atoms with Gasteiger partial charge in [-0.15, -0.1) is 0 Å². The highest BCUT2D eigenvalue weighted by molar-refractivity contribution is 5.83. The lowest BCUT2D eigenvalue weighted by atomic mass is 10.2. The second kappa shape index (κ2) is 2.44. The second-order valence-corrected chi connectivity index (χ2v) is 2.49. The molecule has 12 heavy (non-hydrogen) atoms. The zero-order valence-corrected chi connectivity index (χ0v) is 6.36. The quantitative estimate of drug-likeness (QED) is 0.633. The summed E-state index contributed by atoms with van der Waals surface area (Å²) in [5, 5.41) is 10.3. The highest BCUT2D eigenvalue weighted by Crippen LogP contribution is 2.23. The first-order chi connectivity index (χ1) is 5.79. The average molecular weight is 159 g/mol. The van der Waals surface area contributed by atoms with Crippen molar-refractivity contribution in [3.8, 4) is 5.75 Å². The van der Waals surface area contributed by atoms with Gasteiger partial charge in [0.15, 0.2) is 5.75 Å². The van der Waals surface area contributed by atoms with Crippen molar-refractivity contribution >= 4 is 10.9 Å². The molecule has 59 valence electrons. The van der Waals surface area contributed by atoms with Crippen molar-refractivity contribution in [3.05, 3.63) is 37.1 Å². The van der Waals surface area contributed by atoms with Gasteiger partial charge in [-0.3, -0.25) is 9.97 Å². The van der Waals surface area contributed by atoms with Crippen molar-refractivity contribution < 1.29 is 5.11 Å². The van der Waals surface area contributed by atoms with Crippen LogP contribution in [-0.2, 0) is 0 Å². The Bertz CT molecular complexity index is 426. The molecular weight excluding hydrogens is 152 g/mol. The van der Waals surface area contributed by atoms with Gasteiger partial charge in [-0.05, 0) is 19.1 Å². The summed E-state index contributed by atoms with van der Waals surface area (Å²) < 4.78 is 0. The van der Waals surface area contributed by atoms with Gasteiger partial charge < -0.3 is 5.11 Å². The highest BCUT2D eigenvalue weighted by atomic mass is 16.3. The molecule has 2 rings (SSSR count). The standard InChI is InChI=1S/C9H7N2O/c1-6-9(12)8-7(5-11-6)3-2-4-10-8/h2-5,12H,1H2. The predicted octanol–water partition coefficient (Wildman–Crippen LogP) is 1.52. The number of rotatable bonds is 0. The minimum absolute atomic E-state index is 0.0631. The summed E-state index contributed by atoms with van der Waals surface area (Å²) in [6.45, 7) is 3.57. The van der Waals surface area contributed by atoms with Crippen LogP contribution in [0.5, 0.6) is 5.75 Å². The molecule has 0 spiro atoms. The Morgan fingerprint density at radius 2 is 2.17 bits per heavy atom. The van der Waals surface area contributed by atoms with E-state index in [2.05, 4.69) is 16.9 Å². The van der Waals surface area contributed by atoms with E-state index in [9.17, 15) is 5.11 Å². The van der Waals surface area contributed by atoms with E-state index in [0.29, 0.717) is 11.2 Å². The molecule has 0 aliphatic rings. The third kappa shape index (κ3) is 0.906. The molecular formula is C9H7N2O. The van der Waals surface area contributed by atoms with Crippen LogP contribution in [0.15, 0.2) is 24.5 Å². The van der Waals surface area contributed by atoms with E-state index in [0.717, 1.165) is 5.39 Å². The number of nitrogens with zero attached hydrogens (tertiary/aromatic N) is 2. The molecule has 2 heterocycles. The van der Waals surface area contributed by atoms with E-state index in [1.54, 1.807) is 18.5 Å². The van der Waals surface area contributed by atoms with Crippen molar-refractivity contribution in [3.63, 3.8) is 0 Å². The Kier molecular flexibility index (Phi) is 1.43. The second-order valence-electron chi connectivity index (χ2n) is 2.49. The molecule has 0 saturated carbocycles. The van der Waals surface area contributed by atoms with Crippen LogP contribution < -0.4 is 0 Å². The summed E-state index contributed by atoms with van der Waals surface area (Å²) in [5.74, 6) is 0.0631. The Morgan fingerprint density at radius 3 is 3.00 bits per heavy atom. The van der Waals surface area contributed by atoms with Crippen molar-refractivity contribution in [2.45, 2.75) is 0 Å². The van der Waals surface area contributed by atoms with Crippen LogP contribution in [0.3, 0.4) is 0 Å². The van der Waals surface area contributed by atoms with Crippen LogP contribution in [0, 0.1) is 6.92 Å². The normalized spacial score (nSPS) is 10.4. The topological polar surface area (TPSA) is 46.0 Å². The van der Waals surface area contributed by atoms with Crippen molar-refractivity contribution in [1.29, 1.82) is 0 Å². The van der Waals surface area contributed by atoms with Gasteiger partial charge in [0.1, 0.15) is 5.52 Å². The van der Waals surface area contributed by atoms with Gasteiger partial charge in [0.2, 0.25) is 0 Å². The molecule has 0 aromatic carbocycles. The van der Waals surface area contributed by atoms with E-state index >= 15 is 0 Å². The molecule has 1 radical (unpaired) electrons.